The van der Waals surface area contributed by atoms with Crippen molar-refractivity contribution in [2.45, 2.75) is 193 Å². The number of phosphoric acid groups is 1. The zero-order valence-electron chi connectivity index (χ0n) is 38.2. The summed E-state index contributed by atoms with van der Waals surface area (Å²) >= 11 is 0. The molecule has 0 saturated heterocycles. The fourth-order valence-corrected chi connectivity index (χ4v) is 6.79. The highest BCUT2D eigenvalue weighted by molar-refractivity contribution is 7.47. The Kier molecular flexibility index (Phi) is 43.1. The number of allylic oxidation sites excluding steroid dienone is 14. The van der Waals surface area contributed by atoms with Crippen molar-refractivity contribution in [1.29, 1.82) is 0 Å². The van der Waals surface area contributed by atoms with Crippen molar-refractivity contribution in [2.75, 3.05) is 26.4 Å². The quantitative estimate of drug-likeness (QED) is 0.0233. The van der Waals surface area contributed by atoms with Gasteiger partial charge in [0.25, 0.3) is 0 Å². The predicted molar refractivity (Wildman–Crippen MR) is 253 cm³/mol. The van der Waals surface area contributed by atoms with Crippen LogP contribution in [0.15, 0.2) is 85.1 Å². The molecule has 4 N–H and O–H groups in total. The number of carboxylic acids is 1. The molecule has 11 heteroatoms. The van der Waals surface area contributed by atoms with E-state index >= 15 is 0 Å². The first-order valence-electron chi connectivity index (χ1n) is 23.6. The Bertz CT molecular complexity index is 1290. The zero-order valence-corrected chi connectivity index (χ0v) is 39.1. The molecule has 0 rings (SSSR count). The van der Waals surface area contributed by atoms with Crippen molar-refractivity contribution in [3.63, 3.8) is 0 Å². The van der Waals surface area contributed by atoms with Gasteiger partial charge in [0.2, 0.25) is 0 Å². The third kappa shape index (κ3) is 45.0. The minimum atomic E-state index is -4.64. The van der Waals surface area contributed by atoms with Gasteiger partial charge in [0.15, 0.2) is 0 Å². The number of carbonyl (C=O) groups excluding carboxylic acids is 1. The van der Waals surface area contributed by atoms with Gasteiger partial charge in [0.1, 0.15) is 12.1 Å². The second-order valence-corrected chi connectivity index (χ2v) is 17.0. The smallest absolute Gasteiger partial charge is 0.472 e. The Hall–Kier alpha value is -2.85. The molecule has 0 saturated carbocycles. The second kappa shape index (κ2) is 45.2. The van der Waals surface area contributed by atoms with Gasteiger partial charge in [-0.2, -0.15) is 0 Å². The van der Waals surface area contributed by atoms with Gasteiger partial charge in [-0.15, -0.1) is 0 Å². The van der Waals surface area contributed by atoms with E-state index in [1.54, 1.807) is 0 Å². The third-order valence-electron chi connectivity index (χ3n) is 9.66. The standard InChI is InChI=1S/C50H86NO9P/c1-3-5-7-9-11-13-15-17-19-20-21-22-23-24-25-26-27-29-31-33-35-37-39-41-43-57-44-47(45-58-61(55,56)59-46-48(51)50(53)54)60-49(52)42-40-38-36-34-32-30-28-18-16-14-12-10-8-6-4-2/h6,8,12,14-15,17-18,20-21,23-24,28,32,34,47-48H,3-5,7,9-11,13,16,19,22,25-27,29-31,33,35-46,51H2,1-2H3,(H,53,54)(H,55,56)/b8-6-,14-12-,17-15-,21-20-,24-23-,28-18-,34-32-. The highest BCUT2D eigenvalue weighted by atomic mass is 31.2. The number of esters is 1. The fraction of sp³-hybridized carbons (Fsp3) is 0.680. The first kappa shape index (κ1) is 58.1. The van der Waals surface area contributed by atoms with Crippen molar-refractivity contribution >= 4 is 19.8 Å². The molecule has 10 nitrogen and oxygen atoms in total. The number of hydrogen-bond donors (Lipinski definition) is 3. The molecule has 0 spiro atoms. The van der Waals surface area contributed by atoms with Crippen molar-refractivity contribution in [2.24, 2.45) is 5.73 Å². The highest BCUT2D eigenvalue weighted by Crippen LogP contribution is 2.43. The number of nitrogens with two attached hydrogens (primary N) is 1. The first-order valence-corrected chi connectivity index (χ1v) is 25.1. The van der Waals surface area contributed by atoms with Crippen LogP contribution in [0.3, 0.4) is 0 Å². The monoisotopic (exact) mass is 876 g/mol. The summed E-state index contributed by atoms with van der Waals surface area (Å²) < 4.78 is 33.4. The van der Waals surface area contributed by atoms with E-state index in [0.29, 0.717) is 13.0 Å². The van der Waals surface area contributed by atoms with Gasteiger partial charge in [-0.25, -0.2) is 4.57 Å². The zero-order chi connectivity index (χ0) is 44.8. The number of aliphatic carboxylic acids is 1. The van der Waals surface area contributed by atoms with Gasteiger partial charge in [0, 0.05) is 13.0 Å². The van der Waals surface area contributed by atoms with Crippen LogP contribution >= 0.6 is 7.82 Å². The highest BCUT2D eigenvalue weighted by Gasteiger charge is 2.27. The predicted octanol–water partition coefficient (Wildman–Crippen LogP) is 13.5. The lowest BCUT2D eigenvalue weighted by molar-refractivity contribution is -0.154. The van der Waals surface area contributed by atoms with Crippen LogP contribution in [-0.4, -0.2) is 60.5 Å². The van der Waals surface area contributed by atoms with Gasteiger partial charge >= 0.3 is 19.8 Å². The van der Waals surface area contributed by atoms with E-state index in [9.17, 15) is 19.0 Å². The number of carbonyl (C=O) groups is 2. The first-order chi connectivity index (χ1) is 29.7. The number of hydrogen-bond acceptors (Lipinski definition) is 8. The maximum absolute atomic E-state index is 12.6. The molecule has 0 aromatic rings. The van der Waals surface area contributed by atoms with Crippen LogP contribution in [0.25, 0.3) is 0 Å². The Labute approximate surface area is 371 Å². The van der Waals surface area contributed by atoms with Crippen LogP contribution in [0, 0.1) is 0 Å². The number of ether oxygens (including phenoxy) is 2. The summed E-state index contributed by atoms with van der Waals surface area (Å²) in [5, 5.41) is 8.91. The lowest BCUT2D eigenvalue weighted by Crippen LogP contribution is -2.34. The van der Waals surface area contributed by atoms with Crippen LogP contribution in [0.1, 0.15) is 181 Å². The molecule has 0 aliphatic carbocycles. The molecule has 3 unspecified atom stereocenters. The number of unbranched alkanes of at least 4 members (excludes halogenated alkanes) is 16. The fourth-order valence-electron chi connectivity index (χ4n) is 6.01. The van der Waals surface area contributed by atoms with Crippen LogP contribution in [0.5, 0.6) is 0 Å². The molecule has 0 bridgehead atoms. The van der Waals surface area contributed by atoms with Gasteiger partial charge in [-0.3, -0.25) is 18.6 Å². The number of carboxylic acid groups (broad SMARTS) is 1. The maximum Gasteiger partial charge on any atom is 0.472 e. The van der Waals surface area contributed by atoms with Crippen molar-refractivity contribution < 1.29 is 42.7 Å². The van der Waals surface area contributed by atoms with Gasteiger partial charge < -0.3 is 25.2 Å². The molecule has 0 aliphatic rings. The van der Waals surface area contributed by atoms with Gasteiger partial charge in [-0.05, 0) is 89.9 Å². The summed E-state index contributed by atoms with van der Waals surface area (Å²) in [5.74, 6) is -1.83. The summed E-state index contributed by atoms with van der Waals surface area (Å²) in [5.41, 5.74) is 5.36. The van der Waals surface area contributed by atoms with E-state index in [4.69, 9.17) is 29.4 Å². The molecule has 0 aromatic carbocycles. The third-order valence-corrected chi connectivity index (χ3v) is 10.6. The molecule has 0 radical (unpaired) electrons. The molecule has 0 fully saturated rings. The Morgan fingerprint density at radius 2 is 0.951 bits per heavy atom. The topological polar surface area (TPSA) is 155 Å². The van der Waals surface area contributed by atoms with Crippen LogP contribution < -0.4 is 5.73 Å². The van der Waals surface area contributed by atoms with E-state index in [2.05, 4.69) is 98.9 Å². The Balaban J connectivity index is 4.23. The molecule has 0 amide bonds. The molecule has 0 aromatic heterocycles. The largest absolute Gasteiger partial charge is 0.480 e. The van der Waals surface area contributed by atoms with Gasteiger partial charge in [0.05, 0.1) is 19.8 Å². The average molecular weight is 876 g/mol. The van der Waals surface area contributed by atoms with Crippen molar-refractivity contribution in [3.05, 3.63) is 85.1 Å². The normalized spacial score (nSPS) is 14.6. The van der Waals surface area contributed by atoms with Crippen LogP contribution in [-0.2, 0) is 32.7 Å². The lowest BCUT2D eigenvalue weighted by atomic mass is 10.1. The maximum atomic E-state index is 12.6. The Morgan fingerprint density at radius 3 is 1.43 bits per heavy atom. The summed E-state index contributed by atoms with van der Waals surface area (Å²) in [6.45, 7) is 3.68. The second-order valence-electron chi connectivity index (χ2n) is 15.5. The van der Waals surface area contributed by atoms with E-state index in [0.717, 1.165) is 77.0 Å². The molecule has 350 valence electrons. The van der Waals surface area contributed by atoms with Crippen LogP contribution in [0.4, 0.5) is 0 Å². The van der Waals surface area contributed by atoms with Gasteiger partial charge in [-0.1, -0.05) is 170 Å². The molecular formula is C50H86NO9P. The molecule has 0 aliphatic heterocycles. The molecular weight excluding hydrogens is 790 g/mol. The SMILES string of the molecule is CC/C=C\C/C=C\C/C=C\C/C=C\CCCCC(=O)OC(COCCCCCCCCCCC/C=C\C/C=C\C/C=C\CCCCCCC)COP(=O)(O)OCC(N)C(=O)O. The molecule has 61 heavy (non-hydrogen) atoms. The minimum Gasteiger partial charge on any atom is -0.480 e. The number of phosphoric ester groups is 1. The van der Waals surface area contributed by atoms with Crippen LogP contribution in [0.2, 0.25) is 0 Å². The minimum absolute atomic E-state index is 0.00875. The van der Waals surface area contributed by atoms with E-state index in [-0.39, 0.29) is 13.0 Å². The summed E-state index contributed by atoms with van der Waals surface area (Å²) in [7, 11) is -4.64. The molecule has 0 heterocycles. The molecule has 3 atom stereocenters. The van der Waals surface area contributed by atoms with E-state index in [1.807, 2.05) is 0 Å². The van der Waals surface area contributed by atoms with Crippen molar-refractivity contribution in [3.8, 4) is 0 Å². The Morgan fingerprint density at radius 1 is 0.541 bits per heavy atom. The summed E-state index contributed by atoms with van der Waals surface area (Å²) in [6.07, 6.45) is 57.9. The summed E-state index contributed by atoms with van der Waals surface area (Å²) in [6, 6.07) is -1.49. The van der Waals surface area contributed by atoms with Crippen molar-refractivity contribution in [1.82, 2.24) is 0 Å². The number of rotatable bonds is 44. The van der Waals surface area contributed by atoms with E-state index in [1.165, 1.54) is 77.0 Å². The lowest BCUT2D eigenvalue weighted by Gasteiger charge is -2.20. The summed E-state index contributed by atoms with van der Waals surface area (Å²) in [4.78, 5) is 33.6. The average Bonchev–Trinajstić information content (AvgIpc) is 3.24. The van der Waals surface area contributed by atoms with E-state index < -0.39 is 45.1 Å².